The molecule has 1 saturated carbocycles. The normalized spacial score (nSPS) is 32.7. The Bertz CT molecular complexity index is 963. The van der Waals surface area contributed by atoms with Gasteiger partial charge < -0.3 is 26.0 Å². The average Bonchev–Trinajstić information content (AvgIpc) is 3.34. The number of likely N-dealkylation sites (tertiary alicyclic amines) is 1. The molecule has 2 aliphatic heterocycles. The first-order chi connectivity index (χ1) is 17.1. The molecule has 208 valence electrons. The largest absolute Gasteiger partial charge is 0.396 e. The Morgan fingerprint density at radius 2 is 1.78 bits per heavy atom. The van der Waals surface area contributed by atoms with Crippen LogP contribution in [0.4, 0.5) is 4.79 Å². The number of hydrogen-bond donors (Lipinski definition) is 4. The molecule has 2 aliphatic carbocycles. The molecule has 0 bridgehead atoms. The van der Waals surface area contributed by atoms with Crippen LogP contribution in [0.2, 0.25) is 0 Å². The molecule has 6 unspecified atom stereocenters. The van der Waals surface area contributed by atoms with Gasteiger partial charge in [-0.3, -0.25) is 14.9 Å². The van der Waals surface area contributed by atoms with Gasteiger partial charge in [0.15, 0.2) is 5.78 Å². The van der Waals surface area contributed by atoms with E-state index in [1.165, 1.54) is 0 Å². The van der Waals surface area contributed by atoms with Gasteiger partial charge in [-0.25, -0.2) is 4.79 Å². The topological polar surface area (TPSA) is 129 Å². The summed E-state index contributed by atoms with van der Waals surface area (Å²) in [4.78, 5) is 41.5. The van der Waals surface area contributed by atoms with Gasteiger partial charge in [0.1, 0.15) is 18.4 Å². The zero-order chi connectivity index (χ0) is 27.4. The van der Waals surface area contributed by atoms with Crippen LogP contribution in [0.1, 0.15) is 81.1 Å². The second kappa shape index (κ2) is 9.88. The van der Waals surface area contributed by atoms with E-state index in [2.05, 4.69) is 29.8 Å². The smallest absolute Gasteiger partial charge is 0.315 e. The van der Waals surface area contributed by atoms with E-state index < -0.39 is 17.0 Å². The van der Waals surface area contributed by atoms with Gasteiger partial charge in [0, 0.05) is 12.1 Å². The number of fused-ring (bicyclic) bond motifs is 1. The van der Waals surface area contributed by atoms with E-state index in [0.717, 1.165) is 31.3 Å². The van der Waals surface area contributed by atoms with Crippen LogP contribution in [0.5, 0.6) is 0 Å². The van der Waals surface area contributed by atoms with Crippen molar-refractivity contribution in [2.75, 3.05) is 6.54 Å². The average molecular weight is 518 g/mol. The molecular weight excluding hydrogens is 470 g/mol. The highest BCUT2D eigenvalue weighted by atomic mass is 16.6. The summed E-state index contributed by atoms with van der Waals surface area (Å²) in [6, 6.07) is -1.48. The zero-order valence-electron chi connectivity index (χ0n) is 23.8. The number of ether oxygens (including phenoxy) is 1. The number of nitrogens with two attached hydrogens (primary N) is 1. The molecule has 0 spiro atoms. The van der Waals surface area contributed by atoms with E-state index in [4.69, 9.17) is 10.5 Å². The predicted molar refractivity (Wildman–Crippen MR) is 142 cm³/mol. The van der Waals surface area contributed by atoms with Gasteiger partial charge >= 0.3 is 6.03 Å². The van der Waals surface area contributed by atoms with Crippen molar-refractivity contribution in [3.63, 3.8) is 0 Å². The van der Waals surface area contributed by atoms with Crippen LogP contribution >= 0.6 is 0 Å². The number of urea groups is 1. The fourth-order valence-electron chi connectivity index (χ4n) is 6.01. The van der Waals surface area contributed by atoms with E-state index >= 15 is 0 Å². The van der Waals surface area contributed by atoms with Crippen molar-refractivity contribution >= 4 is 17.7 Å². The third-order valence-electron chi connectivity index (χ3n) is 8.45. The van der Waals surface area contributed by atoms with Gasteiger partial charge in [0.2, 0.25) is 5.91 Å². The van der Waals surface area contributed by atoms with Crippen LogP contribution in [0.15, 0.2) is 11.3 Å². The molecule has 2 saturated heterocycles. The van der Waals surface area contributed by atoms with Gasteiger partial charge in [-0.15, -0.1) is 0 Å². The minimum Gasteiger partial charge on any atom is -0.396 e. The van der Waals surface area contributed by atoms with Crippen molar-refractivity contribution in [3.8, 4) is 0 Å². The minimum absolute atomic E-state index is 0.0264. The third-order valence-corrected chi connectivity index (χ3v) is 8.45. The van der Waals surface area contributed by atoms with Crippen molar-refractivity contribution in [2.24, 2.45) is 28.9 Å². The second-order valence-corrected chi connectivity index (χ2v) is 14.0. The molecule has 0 aromatic rings. The first kappa shape index (κ1) is 27.9. The summed E-state index contributed by atoms with van der Waals surface area (Å²) in [5.41, 5.74) is 6.80. The molecule has 3 fully saturated rings. The van der Waals surface area contributed by atoms with E-state index in [1.54, 1.807) is 0 Å². The van der Waals surface area contributed by atoms with Crippen molar-refractivity contribution < 1.29 is 19.1 Å². The number of epoxide rings is 1. The molecule has 9 heteroatoms. The highest BCUT2D eigenvalue weighted by Crippen LogP contribution is 2.43. The number of rotatable bonds is 6. The molecule has 4 rings (SSSR count). The van der Waals surface area contributed by atoms with Crippen LogP contribution in [-0.2, 0) is 14.3 Å². The Morgan fingerprint density at radius 1 is 1.11 bits per heavy atom. The lowest BCUT2D eigenvalue weighted by atomic mass is 9.69. The number of ketones is 1. The molecular formula is C28H47N5O4. The van der Waals surface area contributed by atoms with E-state index in [1.807, 2.05) is 46.4 Å². The Kier molecular flexibility index (Phi) is 7.45. The van der Waals surface area contributed by atoms with Gasteiger partial charge in [0.25, 0.3) is 0 Å². The molecule has 7 atom stereocenters. The van der Waals surface area contributed by atoms with Gasteiger partial charge in [-0.1, -0.05) is 34.6 Å². The lowest BCUT2D eigenvalue weighted by Gasteiger charge is -2.38. The Hall–Kier alpha value is -2.13. The van der Waals surface area contributed by atoms with Crippen molar-refractivity contribution in [1.82, 2.24) is 20.9 Å². The summed E-state index contributed by atoms with van der Waals surface area (Å²) in [6.07, 6.45) is 3.16. The molecule has 37 heavy (non-hydrogen) atoms. The van der Waals surface area contributed by atoms with Crippen LogP contribution in [0.25, 0.3) is 0 Å². The summed E-state index contributed by atoms with van der Waals surface area (Å²) in [7, 11) is 0. The first-order valence-corrected chi connectivity index (χ1v) is 13.9. The van der Waals surface area contributed by atoms with Crippen LogP contribution in [0.3, 0.4) is 0 Å². The highest BCUT2D eigenvalue weighted by molar-refractivity contribution is 6.00. The standard InChI is InChI=1S/C28H47N5O4/c1-14(2)16-12-19(22-24(37-22)30-18-11-15-9-10-17(15)20(29)21(18)34)33(13-16)25(35)23(27(3,4)5)31-26(36)32-28(6,7)8/h14-16,18-19,22-24,30H,9-13,29H2,1-8H3,(H2,31,32,36)/t15?,16?,18?,19?,22?,23-,24?/m1/s1. The van der Waals surface area contributed by atoms with Crippen molar-refractivity contribution in [3.05, 3.63) is 11.3 Å². The lowest BCUT2D eigenvalue weighted by Crippen LogP contribution is -2.60. The number of hydrogen-bond acceptors (Lipinski definition) is 6. The van der Waals surface area contributed by atoms with Gasteiger partial charge in [-0.05, 0) is 75.2 Å². The van der Waals surface area contributed by atoms with Crippen LogP contribution < -0.4 is 21.7 Å². The van der Waals surface area contributed by atoms with Crippen LogP contribution in [-0.4, -0.2) is 65.2 Å². The SMILES string of the molecule is CC(C)C1CC(C2OC2NC2CC3CCC3=C(N)C2=O)N(C(=O)[C@@H](NC(=O)NC(C)(C)C)C(C)(C)C)C1. The molecule has 0 aromatic heterocycles. The Labute approximate surface area is 221 Å². The summed E-state index contributed by atoms with van der Waals surface area (Å²) >= 11 is 0. The van der Waals surface area contributed by atoms with Gasteiger partial charge in [0.05, 0.1) is 17.8 Å². The summed E-state index contributed by atoms with van der Waals surface area (Å²) in [6.45, 7) is 16.6. The van der Waals surface area contributed by atoms with Crippen LogP contribution in [0, 0.1) is 23.2 Å². The maximum Gasteiger partial charge on any atom is 0.315 e. The number of amides is 3. The zero-order valence-corrected chi connectivity index (χ0v) is 23.8. The fraction of sp³-hybridized carbons (Fsp3) is 0.821. The number of carbonyl (C=O) groups is 3. The summed E-state index contributed by atoms with van der Waals surface area (Å²) in [5.74, 6) is 1.05. The quantitative estimate of drug-likeness (QED) is 0.401. The van der Waals surface area contributed by atoms with Crippen molar-refractivity contribution in [1.29, 1.82) is 0 Å². The maximum absolute atomic E-state index is 14.0. The molecule has 0 radical (unpaired) electrons. The molecule has 2 heterocycles. The minimum atomic E-state index is -0.685. The third kappa shape index (κ3) is 5.98. The van der Waals surface area contributed by atoms with E-state index in [0.29, 0.717) is 30.0 Å². The number of allylic oxidation sites excluding steroid dienone is 1. The number of Topliss-reactive ketones (excluding diaryl/α,β-unsaturated/α-hetero) is 1. The Balaban J connectivity index is 1.47. The summed E-state index contributed by atoms with van der Waals surface area (Å²) in [5, 5.41) is 9.27. The number of carbonyl (C=O) groups excluding carboxylic acids is 3. The second-order valence-electron chi connectivity index (χ2n) is 14.0. The number of nitrogens with zero attached hydrogens (tertiary/aromatic N) is 1. The maximum atomic E-state index is 14.0. The first-order valence-electron chi connectivity index (χ1n) is 13.9. The number of nitrogens with one attached hydrogen (secondary N) is 3. The molecule has 3 amide bonds. The Morgan fingerprint density at radius 3 is 2.32 bits per heavy atom. The lowest BCUT2D eigenvalue weighted by molar-refractivity contribution is -0.137. The van der Waals surface area contributed by atoms with Crippen molar-refractivity contribution in [2.45, 2.75) is 117 Å². The van der Waals surface area contributed by atoms with Gasteiger partial charge in [-0.2, -0.15) is 0 Å². The highest BCUT2D eigenvalue weighted by Gasteiger charge is 2.55. The molecule has 9 nitrogen and oxygen atoms in total. The molecule has 4 aliphatic rings. The summed E-state index contributed by atoms with van der Waals surface area (Å²) < 4.78 is 6.07. The molecule has 5 N–H and O–H groups in total. The monoisotopic (exact) mass is 517 g/mol. The van der Waals surface area contributed by atoms with E-state index in [-0.39, 0.29) is 42.1 Å². The predicted octanol–water partition coefficient (Wildman–Crippen LogP) is 2.65. The fourth-order valence-corrected chi connectivity index (χ4v) is 6.01. The van der Waals surface area contributed by atoms with E-state index in [9.17, 15) is 14.4 Å². The molecule has 0 aromatic carbocycles.